The van der Waals surface area contributed by atoms with Crippen LogP contribution in [-0.4, -0.2) is 26.7 Å². The van der Waals surface area contributed by atoms with Crippen LogP contribution in [-0.2, 0) is 16.6 Å². The summed E-state index contributed by atoms with van der Waals surface area (Å²) in [6.07, 6.45) is 1.19. The van der Waals surface area contributed by atoms with Gasteiger partial charge in [-0.3, -0.25) is 9.52 Å². The minimum absolute atomic E-state index is 0.116. The molecule has 0 fully saturated rings. The van der Waals surface area contributed by atoms with Gasteiger partial charge < -0.3 is 10.1 Å². The number of hydrogen-bond acceptors (Lipinski definition) is 4. The molecule has 0 aliphatic carbocycles. The molecule has 0 saturated heterocycles. The molecule has 0 unspecified atom stereocenters. The van der Waals surface area contributed by atoms with Gasteiger partial charge in [0.2, 0.25) is 10.0 Å². The third kappa shape index (κ3) is 6.46. The lowest BCUT2D eigenvalue weighted by Gasteiger charge is -2.10. The first-order valence-corrected chi connectivity index (χ1v) is 9.74. The summed E-state index contributed by atoms with van der Waals surface area (Å²) < 4.78 is 30.3. The molecular formula is C18H22N2O4S. The van der Waals surface area contributed by atoms with E-state index in [0.29, 0.717) is 17.8 Å². The Bertz CT molecular complexity index is 813. The summed E-state index contributed by atoms with van der Waals surface area (Å²) in [7, 11) is -3.33. The predicted octanol–water partition coefficient (Wildman–Crippen LogP) is 2.78. The molecule has 0 atom stereocenters. The van der Waals surface area contributed by atoms with Gasteiger partial charge >= 0.3 is 0 Å². The standard InChI is InChI=1S/C18H22N2O4S/c1-13(2)24-17-10-4-14(5-11-17)12-19-18(21)15-6-8-16(9-7-15)20-25(3,22)23/h4-11,13,20H,12H2,1-3H3,(H,19,21). The van der Waals surface area contributed by atoms with Crippen molar-refractivity contribution in [3.8, 4) is 5.75 Å². The monoisotopic (exact) mass is 362 g/mol. The molecule has 2 rings (SSSR count). The smallest absolute Gasteiger partial charge is 0.251 e. The molecule has 2 aromatic carbocycles. The van der Waals surface area contributed by atoms with Crippen LogP contribution in [0.25, 0.3) is 0 Å². The molecular weight excluding hydrogens is 340 g/mol. The number of carbonyl (C=O) groups excluding carboxylic acids is 1. The van der Waals surface area contributed by atoms with E-state index in [-0.39, 0.29) is 12.0 Å². The summed E-state index contributed by atoms with van der Waals surface area (Å²) in [6.45, 7) is 4.32. The molecule has 0 aromatic heterocycles. The van der Waals surface area contributed by atoms with Crippen molar-refractivity contribution in [2.24, 2.45) is 0 Å². The van der Waals surface area contributed by atoms with Crippen LogP contribution in [0.3, 0.4) is 0 Å². The van der Waals surface area contributed by atoms with Gasteiger partial charge in [0.25, 0.3) is 5.91 Å². The second kappa shape index (κ2) is 8.02. The summed E-state index contributed by atoms with van der Waals surface area (Å²) in [5.74, 6) is 0.562. The van der Waals surface area contributed by atoms with Crippen molar-refractivity contribution in [2.45, 2.75) is 26.5 Å². The minimum Gasteiger partial charge on any atom is -0.491 e. The molecule has 2 N–H and O–H groups in total. The SMILES string of the molecule is CC(C)Oc1ccc(CNC(=O)c2ccc(NS(C)(=O)=O)cc2)cc1. The Morgan fingerprint density at radius 1 is 1.04 bits per heavy atom. The van der Waals surface area contributed by atoms with Crippen molar-refractivity contribution in [3.05, 3.63) is 59.7 Å². The van der Waals surface area contributed by atoms with Crippen LogP contribution in [0.2, 0.25) is 0 Å². The van der Waals surface area contributed by atoms with Crippen LogP contribution >= 0.6 is 0 Å². The van der Waals surface area contributed by atoms with Crippen molar-refractivity contribution in [3.63, 3.8) is 0 Å². The highest BCUT2D eigenvalue weighted by Crippen LogP contribution is 2.14. The first kappa shape index (κ1) is 18.8. The third-order valence-corrected chi connectivity index (χ3v) is 3.81. The lowest BCUT2D eigenvalue weighted by Crippen LogP contribution is -2.22. The van der Waals surface area contributed by atoms with E-state index in [1.807, 2.05) is 38.1 Å². The molecule has 134 valence electrons. The van der Waals surface area contributed by atoms with Crippen LogP contribution in [0.1, 0.15) is 29.8 Å². The van der Waals surface area contributed by atoms with Crippen LogP contribution in [0, 0.1) is 0 Å². The highest BCUT2D eigenvalue weighted by molar-refractivity contribution is 7.92. The van der Waals surface area contributed by atoms with Gasteiger partial charge in [0, 0.05) is 17.8 Å². The second-order valence-electron chi connectivity index (χ2n) is 5.94. The lowest BCUT2D eigenvalue weighted by molar-refractivity contribution is 0.0951. The van der Waals surface area contributed by atoms with Gasteiger partial charge in [-0.2, -0.15) is 0 Å². The molecule has 0 radical (unpaired) electrons. The van der Waals surface area contributed by atoms with Crippen LogP contribution < -0.4 is 14.8 Å². The summed E-state index contributed by atoms with van der Waals surface area (Å²) >= 11 is 0. The van der Waals surface area contributed by atoms with Crippen LogP contribution in [0.4, 0.5) is 5.69 Å². The Morgan fingerprint density at radius 3 is 2.16 bits per heavy atom. The Morgan fingerprint density at radius 2 is 1.64 bits per heavy atom. The van der Waals surface area contributed by atoms with Crippen molar-refractivity contribution >= 4 is 21.6 Å². The number of hydrogen-bond donors (Lipinski definition) is 2. The normalized spacial score (nSPS) is 11.2. The number of anilines is 1. The number of carbonyl (C=O) groups is 1. The maximum Gasteiger partial charge on any atom is 0.251 e. The largest absolute Gasteiger partial charge is 0.491 e. The number of sulfonamides is 1. The second-order valence-corrected chi connectivity index (χ2v) is 7.69. The highest BCUT2D eigenvalue weighted by atomic mass is 32.2. The molecule has 1 amide bonds. The van der Waals surface area contributed by atoms with E-state index < -0.39 is 10.0 Å². The Balaban J connectivity index is 1.91. The number of nitrogens with one attached hydrogen (secondary N) is 2. The average Bonchev–Trinajstić information content (AvgIpc) is 2.52. The Hall–Kier alpha value is -2.54. The number of benzene rings is 2. The van der Waals surface area contributed by atoms with Gasteiger partial charge in [-0.15, -0.1) is 0 Å². The topological polar surface area (TPSA) is 84.5 Å². The maximum atomic E-state index is 12.2. The van der Waals surface area contributed by atoms with E-state index in [2.05, 4.69) is 10.0 Å². The molecule has 0 aliphatic rings. The van der Waals surface area contributed by atoms with Gasteiger partial charge in [-0.05, 0) is 55.8 Å². The van der Waals surface area contributed by atoms with Gasteiger partial charge in [-0.25, -0.2) is 8.42 Å². The molecule has 0 aliphatic heterocycles. The van der Waals surface area contributed by atoms with Gasteiger partial charge in [0.1, 0.15) is 5.75 Å². The number of amides is 1. The fraction of sp³-hybridized carbons (Fsp3) is 0.278. The van der Waals surface area contributed by atoms with E-state index in [1.165, 1.54) is 0 Å². The summed E-state index contributed by atoms with van der Waals surface area (Å²) in [5.41, 5.74) is 1.83. The molecule has 7 heteroatoms. The lowest BCUT2D eigenvalue weighted by atomic mass is 10.1. The molecule has 0 spiro atoms. The third-order valence-electron chi connectivity index (χ3n) is 3.20. The zero-order chi connectivity index (χ0) is 18.4. The summed E-state index contributed by atoms with van der Waals surface area (Å²) in [4.78, 5) is 12.2. The fourth-order valence-corrected chi connectivity index (χ4v) is 2.71. The number of rotatable bonds is 7. The minimum atomic E-state index is -3.33. The van der Waals surface area contributed by atoms with Crippen molar-refractivity contribution < 1.29 is 17.9 Å². The predicted molar refractivity (Wildman–Crippen MR) is 98.3 cm³/mol. The number of ether oxygens (including phenoxy) is 1. The van der Waals surface area contributed by atoms with E-state index in [9.17, 15) is 13.2 Å². The van der Waals surface area contributed by atoms with E-state index >= 15 is 0 Å². The Labute approximate surface area is 148 Å². The molecule has 0 heterocycles. The Kier molecular flexibility index (Phi) is 6.03. The highest BCUT2D eigenvalue weighted by Gasteiger charge is 2.07. The molecule has 6 nitrogen and oxygen atoms in total. The first-order chi connectivity index (χ1) is 11.7. The molecule has 0 bridgehead atoms. The van der Waals surface area contributed by atoms with Crippen molar-refractivity contribution in [2.75, 3.05) is 11.0 Å². The quantitative estimate of drug-likeness (QED) is 0.793. The fourth-order valence-electron chi connectivity index (χ4n) is 2.15. The summed E-state index contributed by atoms with van der Waals surface area (Å²) in [6, 6.07) is 13.8. The van der Waals surface area contributed by atoms with E-state index in [4.69, 9.17) is 4.74 Å². The van der Waals surface area contributed by atoms with E-state index in [0.717, 1.165) is 17.6 Å². The summed E-state index contributed by atoms with van der Waals surface area (Å²) in [5, 5.41) is 2.82. The first-order valence-electron chi connectivity index (χ1n) is 7.84. The molecule has 0 saturated carbocycles. The van der Waals surface area contributed by atoms with E-state index in [1.54, 1.807) is 24.3 Å². The molecule has 25 heavy (non-hydrogen) atoms. The van der Waals surface area contributed by atoms with Crippen molar-refractivity contribution in [1.29, 1.82) is 0 Å². The molecule has 2 aromatic rings. The zero-order valence-electron chi connectivity index (χ0n) is 14.4. The maximum absolute atomic E-state index is 12.2. The van der Waals surface area contributed by atoms with Crippen LogP contribution in [0.5, 0.6) is 5.75 Å². The van der Waals surface area contributed by atoms with Gasteiger partial charge in [-0.1, -0.05) is 12.1 Å². The van der Waals surface area contributed by atoms with Crippen LogP contribution in [0.15, 0.2) is 48.5 Å². The average molecular weight is 362 g/mol. The van der Waals surface area contributed by atoms with Crippen molar-refractivity contribution in [1.82, 2.24) is 5.32 Å². The zero-order valence-corrected chi connectivity index (χ0v) is 15.3. The van der Waals surface area contributed by atoms with Gasteiger partial charge in [0.05, 0.1) is 12.4 Å². The van der Waals surface area contributed by atoms with Gasteiger partial charge in [0.15, 0.2) is 0 Å².